The average Bonchev–Trinajstić information content (AvgIpc) is 2.62. The molecule has 134 valence electrons. The average molecular weight is 364 g/mol. The fraction of sp³-hybridized carbons (Fsp3) is 0.316. The highest BCUT2D eigenvalue weighted by Gasteiger charge is 2.13. The monoisotopic (exact) mass is 363 g/mol. The zero-order valence-electron chi connectivity index (χ0n) is 14.6. The van der Waals surface area contributed by atoms with Crippen LogP contribution in [0, 0.1) is 0 Å². The summed E-state index contributed by atoms with van der Waals surface area (Å²) in [5.41, 5.74) is 1.83. The molecule has 0 unspecified atom stereocenters. The second kappa shape index (κ2) is 9.30. The molecule has 25 heavy (non-hydrogen) atoms. The van der Waals surface area contributed by atoms with E-state index in [4.69, 9.17) is 25.8 Å². The van der Waals surface area contributed by atoms with Crippen LogP contribution < -0.4 is 14.8 Å². The second-order valence-electron chi connectivity index (χ2n) is 5.38. The molecule has 0 saturated heterocycles. The lowest BCUT2D eigenvalue weighted by Crippen LogP contribution is -2.13. The zero-order chi connectivity index (χ0) is 18.2. The lowest BCUT2D eigenvalue weighted by Gasteiger charge is -2.13. The summed E-state index contributed by atoms with van der Waals surface area (Å²) in [5.74, 6) is 0.964. The van der Waals surface area contributed by atoms with E-state index in [0.29, 0.717) is 41.0 Å². The second-order valence-corrected chi connectivity index (χ2v) is 5.81. The van der Waals surface area contributed by atoms with Crippen molar-refractivity contribution in [3.63, 3.8) is 0 Å². The molecule has 1 N–H and O–H groups in total. The Labute approximate surface area is 152 Å². The standard InChI is InChI=1S/C19H22ClNO4/c1-4-9-25-12-14-10-13(5-7-17(14)23-2)19(22)21-16-11-15(20)6-8-18(16)24-3/h5-8,10-11H,4,9,12H2,1-3H3,(H,21,22). The summed E-state index contributed by atoms with van der Waals surface area (Å²) in [7, 11) is 3.13. The first-order chi connectivity index (χ1) is 12.1. The van der Waals surface area contributed by atoms with Crippen LogP contribution in [0.3, 0.4) is 0 Å². The third kappa shape index (κ3) is 5.11. The first-order valence-electron chi connectivity index (χ1n) is 7.98. The molecule has 1 amide bonds. The molecular weight excluding hydrogens is 342 g/mol. The molecule has 0 aromatic heterocycles. The molecule has 5 nitrogen and oxygen atoms in total. The van der Waals surface area contributed by atoms with E-state index in [9.17, 15) is 4.79 Å². The Bertz CT molecular complexity index is 733. The van der Waals surface area contributed by atoms with E-state index in [1.54, 1.807) is 43.5 Å². The molecular formula is C19H22ClNO4. The van der Waals surface area contributed by atoms with E-state index in [1.165, 1.54) is 7.11 Å². The number of anilines is 1. The van der Waals surface area contributed by atoms with E-state index < -0.39 is 0 Å². The van der Waals surface area contributed by atoms with Gasteiger partial charge < -0.3 is 19.5 Å². The van der Waals surface area contributed by atoms with Gasteiger partial charge in [0.15, 0.2) is 0 Å². The van der Waals surface area contributed by atoms with Crippen molar-refractivity contribution < 1.29 is 19.0 Å². The van der Waals surface area contributed by atoms with Gasteiger partial charge in [0, 0.05) is 22.8 Å². The molecule has 0 aliphatic rings. The quantitative estimate of drug-likeness (QED) is 0.700. The summed E-state index contributed by atoms with van der Waals surface area (Å²) in [5, 5.41) is 3.33. The number of halogens is 1. The first-order valence-corrected chi connectivity index (χ1v) is 8.36. The minimum Gasteiger partial charge on any atom is -0.496 e. The van der Waals surface area contributed by atoms with Crippen LogP contribution in [0.5, 0.6) is 11.5 Å². The van der Waals surface area contributed by atoms with Crippen molar-refractivity contribution in [2.45, 2.75) is 20.0 Å². The predicted molar refractivity (Wildman–Crippen MR) is 98.9 cm³/mol. The highest BCUT2D eigenvalue weighted by Crippen LogP contribution is 2.28. The Hall–Kier alpha value is -2.24. The smallest absolute Gasteiger partial charge is 0.255 e. The third-order valence-electron chi connectivity index (χ3n) is 3.56. The van der Waals surface area contributed by atoms with Gasteiger partial charge in [0.05, 0.1) is 26.5 Å². The Morgan fingerprint density at radius 1 is 1.08 bits per heavy atom. The number of rotatable bonds is 8. The van der Waals surface area contributed by atoms with Gasteiger partial charge >= 0.3 is 0 Å². The molecule has 0 aliphatic carbocycles. The van der Waals surface area contributed by atoms with Crippen molar-refractivity contribution in [3.05, 3.63) is 52.5 Å². The van der Waals surface area contributed by atoms with Crippen molar-refractivity contribution >= 4 is 23.2 Å². The Kier molecular flexibility index (Phi) is 7.10. The van der Waals surface area contributed by atoms with Crippen LogP contribution in [0.2, 0.25) is 5.02 Å². The summed E-state index contributed by atoms with van der Waals surface area (Å²) >= 11 is 6.00. The maximum Gasteiger partial charge on any atom is 0.255 e. The van der Waals surface area contributed by atoms with Crippen LogP contribution in [-0.2, 0) is 11.3 Å². The molecule has 0 fully saturated rings. The lowest BCUT2D eigenvalue weighted by molar-refractivity contribution is 0.102. The number of carbonyl (C=O) groups excluding carboxylic acids is 1. The van der Waals surface area contributed by atoms with Gasteiger partial charge in [-0.05, 0) is 42.8 Å². The molecule has 0 radical (unpaired) electrons. The summed E-state index contributed by atoms with van der Waals surface area (Å²) in [6, 6.07) is 10.3. The number of ether oxygens (including phenoxy) is 3. The highest BCUT2D eigenvalue weighted by atomic mass is 35.5. The van der Waals surface area contributed by atoms with Gasteiger partial charge in [0.25, 0.3) is 5.91 Å². The number of carbonyl (C=O) groups is 1. The van der Waals surface area contributed by atoms with Crippen LogP contribution in [-0.4, -0.2) is 26.7 Å². The van der Waals surface area contributed by atoms with Crippen LogP contribution >= 0.6 is 11.6 Å². The topological polar surface area (TPSA) is 56.8 Å². The molecule has 0 heterocycles. The number of methoxy groups -OCH3 is 2. The van der Waals surface area contributed by atoms with E-state index in [-0.39, 0.29) is 5.91 Å². The van der Waals surface area contributed by atoms with Crippen molar-refractivity contribution in [2.24, 2.45) is 0 Å². The molecule has 6 heteroatoms. The zero-order valence-corrected chi connectivity index (χ0v) is 15.4. The number of hydrogen-bond donors (Lipinski definition) is 1. The minimum absolute atomic E-state index is 0.264. The number of amides is 1. The van der Waals surface area contributed by atoms with E-state index in [0.717, 1.165) is 12.0 Å². The Morgan fingerprint density at radius 3 is 2.48 bits per heavy atom. The van der Waals surface area contributed by atoms with Gasteiger partial charge in [0.2, 0.25) is 0 Å². The predicted octanol–water partition coefficient (Wildman–Crippen LogP) is 4.54. The van der Waals surface area contributed by atoms with Gasteiger partial charge in [-0.3, -0.25) is 4.79 Å². The molecule has 2 rings (SSSR count). The molecule has 2 aromatic carbocycles. The van der Waals surface area contributed by atoms with Crippen LogP contribution in [0.15, 0.2) is 36.4 Å². The maximum absolute atomic E-state index is 12.6. The fourth-order valence-electron chi connectivity index (χ4n) is 2.33. The van der Waals surface area contributed by atoms with Crippen molar-refractivity contribution in [1.29, 1.82) is 0 Å². The molecule has 0 bridgehead atoms. The van der Waals surface area contributed by atoms with Gasteiger partial charge in [-0.1, -0.05) is 18.5 Å². The molecule has 0 saturated carbocycles. The Balaban J connectivity index is 2.21. The van der Waals surface area contributed by atoms with Gasteiger partial charge in [-0.2, -0.15) is 0 Å². The summed E-state index contributed by atoms with van der Waals surface area (Å²) in [6.07, 6.45) is 0.928. The van der Waals surface area contributed by atoms with Crippen LogP contribution in [0.4, 0.5) is 5.69 Å². The van der Waals surface area contributed by atoms with Crippen LogP contribution in [0.1, 0.15) is 29.3 Å². The lowest BCUT2D eigenvalue weighted by atomic mass is 10.1. The molecule has 0 atom stereocenters. The summed E-state index contributed by atoms with van der Waals surface area (Å²) in [4.78, 5) is 12.6. The van der Waals surface area contributed by atoms with Crippen molar-refractivity contribution in [1.82, 2.24) is 0 Å². The maximum atomic E-state index is 12.6. The fourth-order valence-corrected chi connectivity index (χ4v) is 2.50. The summed E-state index contributed by atoms with van der Waals surface area (Å²) < 4.78 is 16.1. The van der Waals surface area contributed by atoms with Crippen molar-refractivity contribution in [3.8, 4) is 11.5 Å². The Morgan fingerprint density at radius 2 is 1.80 bits per heavy atom. The SMILES string of the molecule is CCCOCc1cc(C(=O)Nc2cc(Cl)ccc2OC)ccc1OC. The summed E-state index contributed by atoms with van der Waals surface area (Å²) in [6.45, 7) is 3.08. The molecule has 0 aliphatic heterocycles. The first kappa shape index (κ1) is 19.1. The van der Waals surface area contributed by atoms with E-state index >= 15 is 0 Å². The molecule has 0 spiro atoms. The highest BCUT2D eigenvalue weighted by molar-refractivity contribution is 6.31. The van der Waals surface area contributed by atoms with Gasteiger partial charge in [-0.25, -0.2) is 0 Å². The normalized spacial score (nSPS) is 10.4. The van der Waals surface area contributed by atoms with E-state index in [2.05, 4.69) is 5.32 Å². The largest absolute Gasteiger partial charge is 0.496 e. The minimum atomic E-state index is -0.264. The van der Waals surface area contributed by atoms with Gasteiger partial charge in [-0.15, -0.1) is 0 Å². The third-order valence-corrected chi connectivity index (χ3v) is 3.79. The number of benzene rings is 2. The van der Waals surface area contributed by atoms with Gasteiger partial charge in [0.1, 0.15) is 11.5 Å². The molecule has 2 aromatic rings. The van der Waals surface area contributed by atoms with Crippen molar-refractivity contribution in [2.75, 3.05) is 26.1 Å². The van der Waals surface area contributed by atoms with Crippen LogP contribution in [0.25, 0.3) is 0 Å². The van der Waals surface area contributed by atoms with E-state index in [1.807, 2.05) is 6.92 Å². The number of nitrogens with one attached hydrogen (secondary N) is 1. The number of hydrogen-bond acceptors (Lipinski definition) is 4.